The van der Waals surface area contributed by atoms with E-state index in [0.717, 1.165) is 12.0 Å². The third-order valence-electron chi connectivity index (χ3n) is 5.25. The molecule has 1 aliphatic rings. The average molecular weight is 610 g/mol. The molecule has 1 unspecified atom stereocenters. The first kappa shape index (κ1) is 24.7. The first-order chi connectivity index (χ1) is 16.4. The number of thiazole rings is 1. The van der Waals surface area contributed by atoms with E-state index in [2.05, 4.69) is 31.9 Å². The summed E-state index contributed by atoms with van der Waals surface area (Å²) in [4.78, 5) is 32.1. The average Bonchev–Trinajstić information content (AvgIpc) is 3.35. The Kier molecular flexibility index (Phi) is 7.59. The first-order valence-electron chi connectivity index (χ1n) is 10.7. The van der Waals surface area contributed by atoms with Gasteiger partial charge < -0.3 is 13.9 Å². The minimum Gasteiger partial charge on any atom is -0.496 e. The van der Waals surface area contributed by atoms with Crippen molar-refractivity contribution in [2.24, 2.45) is 4.99 Å². The lowest BCUT2D eigenvalue weighted by atomic mass is 9.94. The predicted molar refractivity (Wildman–Crippen MR) is 137 cm³/mol. The van der Waals surface area contributed by atoms with Crippen LogP contribution in [-0.2, 0) is 9.53 Å². The summed E-state index contributed by atoms with van der Waals surface area (Å²) in [6.45, 7) is 4.00. The van der Waals surface area contributed by atoms with Crippen molar-refractivity contribution in [3.63, 3.8) is 0 Å². The summed E-state index contributed by atoms with van der Waals surface area (Å²) in [6.07, 6.45) is 3.05. The highest BCUT2D eigenvalue weighted by Gasteiger charge is 2.34. The molecule has 4 rings (SSSR count). The molecular weight excluding hydrogens is 588 g/mol. The molecule has 0 spiro atoms. The zero-order valence-electron chi connectivity index (χ0n) is 18.8. The lowest BCUT2D eigenvalue weighted by Gasteiger charge is -2.26. The van der Waals surface area contributed by atoms with E-state index in [0.29, 0.717) is 47.7 Å². The number of esters is 1. The Morgan fingerprint density at radius 2 is 2.06 bits per heavy atom. The Labute approximate surface area is 216 Å². The first-order valence-corrected chi connectivity index (χ1v) is 13.1. The molecular formula is C24H22Br2N2O5S. The van der Waals surface area contributed by atoms with Crippen LogP contribution < -0.4 is 19.6 Å². The number of halogens is 2. The van der Waals surface area contributed by atoms with Gasteiger partial charge in [0.1, 0.15) is 11.5 Å². The number of ether oxygens (including phenoxy) is 2. The molecule has 0 N–H and O–H groups in total. The van der Waals surface area contributed by atoms with Crippen molar-refractivity contribution in [2.75, 3.05) is 13.7 Å². The maximum absolute atomic E-state index is 13.6. The van der Waals surface area contributed by atoms with E-state index in [4.69, 9.17) is 18.9 Å². The third-order valence-corrected chi connectivity index (χ3v) is 7.28. The molecule has 3 heterocycles. The maximum Gasteiger partial charge on any atom is 0.338 e. The summed E-state index contributed by atoms with van der Waals surface area (Å²) < 4.78 is 19.7. The van der Waals surface area contributed by atoms with Gasteiger partial charge in [-0.1, -0.05) is 30.7 Å². The van der Waals surface area contributed by atoms with Crippen LogP contribution in [0.1, 0.15) is 44.1 Å². The topological polar surface area (TPSA) is 83.0 Å². The van der Waals surface area contributed by atoms with Crippen LogP contribution in [0.4, 0.5) is 0 Å². The Morgan fingerprint density at radius 3 is 2.68 bits per heavy atom. The number of hydrogen-bond donors (Lipinski definition) is 0. The van der Waals surface area contributed by atoms with Gasteiger partial charge in [0.2, 0.25) is 0 Å². The van der Waals surface area contributed by atoms with Gasteiger partial charge >= 0.3 is 5.97 Å². The molecule has 0 bridgehead atoms. The molecule has 0 fully saturated rings. The molecule has 10 heteroatoms. The minimum absolute atomic E-state index is 0.221. The lowest BCUT2D eigenvalue weighted by molar-refractivity contribution is -0.139. The number of carbonyl (C=O) groups is 1. The summed E-state index contributed by atoms with van der Waals surface area (Å²) in [5.41, 5.74) is 1.49. The summed E-state index contributed by atoms with van der Waals surface area (Å²) in [5, 5.41) is 0. The Morgan fingerprint density at radius 1 is 1.26 bits per heavy atom. The van der Waals surface area contributed by atoms with Gasteiger partial charge in [0.25, 0.3) is 5.56 Å². The fraction of sp³-hybridized carbons (Fsp3) is 0.292. The number of methoxy groups -OCH3 is 1. The number of benzene rings is 1. The lowest BCUT2D eigenvalue weighted by Crippen LogP contribution is -2.40. The molecule has 2 aromatic heterocycles. The fourth-order valence-electron chi connectivity index (χ4n) is 3.82. The smallest absolute Gasteiger partial charge is 0.338 e. The van der Waals surface area contributed by atoms with Gasteiger partial charge in [0, 0.05) is 6.08 Å². The van der Waals surface area contributed by atoms with Gasteiger partial charge in [-0.25, -0.2) is 9.79 Å². The number of furan rings is 1. The normalized spacial score (nSPS) is 15.8. The van der Waals surface area contributed by atoms with Crippen LogP contribution >= 0.6 is 43.2 Å². The standard InChI is InChI=1S/C24H22Br2N2O5S/c1-4-6-16-20(23(30)32-5-2)21(13-7-9-17(31-3)15(25)11-13)28-22(29)18(34-24(28)27-16)12-14-8-10-19(26)33-14/h7-12,21H,4-6H2,1-3H3/b18-12-. The van der Waals surface area contributed by atoms with E-state index in [-0.39, 0.29) is 12.2 Å². The van der Waals surface area contributed by atoms with Gasteiger partial charge in [-0.2, -0.15) is 0 Å². The van der Waals surface area contributed by atoms with Crippen LogP contribution in [0.3, 0.4) is 0 Å². The second-order valence-electron chi connectivity index (χ2n) is 7.45. The van der Waals surface area contributed by atoms with Crippen molar-refractivity contribution < 1.29 is 18.7 Å². The number of aromatic nitrogens is 1. The number of fused-ring (bicyclic) bond motifs is 1. The fourth-order valence-corrected chi connectivity index (χ4v) is 5.70. The van der Waals surface area contributed by atoms with Crippen molar-refractivity contribution in [1.82, 2.24) is 4.57 Å². The quantitative estimate of drug-likeness (QED) is 0.363. The number of allylic oxidation sites excluding steroid dienone is 1. The number of carbonyl (C=O) groups excluding carboxylic acids is 1. The van der Waals surface area contributed by atoms with Crippen LogP contribution in [0.5, 0.6) is 5.75 Å². The number of hydrogen-bond acceptors (Lipinski definition) is 7. The van der Waals surface area contributed by atoms with Crippen LogP contribution in [0.2, 0.25) is 0 Å². The molecule has 3 aromatic rings. The second kappa shape index (κ2) is 10.5. The monoisotopic (exact) mass is 608 g/mol. The van der Waals surface area contributed by atoms with Crippen molar-refractivity contribution in [3.05, 3.63) is 81.8 Å². The molecule has 0 saturated heterocycles. The van der Waals surface area contributed by atoms with Crippen molar-refractivity contribution in [1.29, 1.82) is 0 Å². The maximum atomic E-state index is 13.6. The van der Waals surface area contributed by atoms with Crippen LogP contribution in [0.25, 0.3) is 6.08 Å². The molecule has 0 saturated carbocycles. The Hall–Kier alpha value is -2.43. The highest BCUT2D eigenvalue weighted by atomic mass is 79.9. The van der Waals surface area contributed by atoms with Gasteiger partial charge in [0.15, 0.2) is 9.47 Å². The predicted octanol–water partition coefficient (Wildman–Crippen LogP) is 4.71. The molecule has 0 radical (unpaired) electrons. The Bertz CT molecular complexity index is 1450. The number of rotatable bonds is 7. The summed E-state index contributed by atoms with van der Waals surface area (Å²) >= 11 is 8.08. The van der Waals surface area contributed by atoms with E-state index in [1.807, 2.05) is 19.1 Å². The Balaban J connectivity index is 2.00. The van der Waals surface area contributed by atoms with Gasteiger partial charge in [-0.15, -0.1) is 0 Å². The van der Waals surface area contributed by atoms with Crippen molar-refractivity contribution >= 4 is 55.2 Å². The van der Waals surface area contributed by atoms with E-state index in [1.165, 1.54) is 11.3 Å². The van der Waals surface area contributed by atoms with E-state index < -0.39 is 12.0 Å². The molecule has 0 amide bonds. The van der Waals surface area contributed by atoms with Crippen LogP contribution in [0.15, 0.2) is 64.9 Å². The minimum atomic E-state index is -0.690. The molecule has 0 aliphatic carbocycles. The SMILES string of the molecule is CCCC1=C(C(=O)OCC)C(c2ccc(OC)c(Br)c2)n2c(s/c(=C\c3ccc(Br)o3)c2=O)=N1. The van der Waals surface area contributed by atoms with Gasteiger partial charge in [-0.3, -0.25) is 9.36 Å². The molecule has 7 nitrogen and oxygen atoms in total. The molecule has 178 valence electrons. The van der Waals surface area contributed by atoms with Crippen molar-refractivity contribution in [3.8, 4) is 5.75 Å². The summed E-state index contributed by atoms with van der Waals surface area (Å²) in [5.74, 6) is 0.713. The highest BCUT2D eigenvalue weighted by Crippen LogP contribution is 2.36. The summed E-state index contributed by atoms with van der Waals surface area (Å²) in [7, 11) is 1.58. The van der Waals surface area contributed by atoms with Crippen LogP contribution in [-0.4, -0.2) is 24.3 Å². The molecule has 1 atom stereocenters. The van der Waals surface area contributed by atoms with Gasteiger partial charge in [0.05, 0.1) is 40.0 Å². The van der Waals surface area contributed by atoms with Crippen molar-refractivity contribution in [2.45, 2.75) is 32.7 Å². The van der Waals surface area contributed by atoms with E-state index in [1.54, 1.807) is 42.9 Å². The molecule has 34 heavy (non-hydrogen) atoms. The summed E-state index contributed by atoms with van der Waals surface area (Å²) in [6, 6.07) is 8.36. The zero-order chi connectivity index (χ0) is 24.4. The molecule has 1 aromatic carbocycles. The second-order valence-corrected chi connectivity index (χ2v) is 10.1. The zero-order valence-corrected chi connectivity index (χ0v) is 22.8. The molecule has 1 aliphatic heterocycles. The van der Waals surface area contributed by atoms with Gasteiger partial charge in [-0.05, 0) is 75.0 Å². The number of nitrogens with zero attached hydrogens (tertiary/aromatic N) is 2. The largest absolute Gasteiger partial charge is 0.496 e. The third kappa shape index (κ3) is 4.71. The highest BCUT2D eigenvalue weighted by molar-refractivity contribution is 9.10. The van der Waals surface area contributed by atoms with E-state index in [9.17, 15) is 9.59 Å². The van der Waals surface area contributed by atoms with E-state index >= 15 is 0 Å². The van der Waals surface area contributed by atoms with Crippen LogP contribution in [0, 0.1) is 0 Å².